The molecule has 1 aliphatic rings. The topological polar surface area (TPSA) is 116 Å². The van der Waals surface area contributed by atoms with Crippen molar-refractivity contribution >= 4 is 21.4 Å². The highest BCUT2D eigenvalue weighted by molar-refractivity contribution is 7.89. The molecule has 1 aromatic carbocycles. The first-order chi connectivity index (χ1) is 9.43. The summed E-state index contributed by atoms with van der Waals surface area (Å²) in [6.45, 7) is 1.32. The van der Waals surface area contributed by atoms with Gasteiger partial charge in [-0.1, -0.05) is 0 Å². The molecule has 0 aromatic heterocycles. The quantitative estimate of drug-likeness (QED) is 0.496. The number of hydrogen-bond donors (Lipinski definition) is 1. The molecule has 0 aliphatic carbocycles. The highest BCUT2D eigenvalue weighted by Crippen LogP contribution is 2.27. The fourth-order valence-electron chi connectivity index (χ4n) is 1.96. The van der Waals surface area contributed by atoms with Crippen LogP contribution in [0.1, 0.15) is 6.42 Å². The first-order valence-electron chi connectivity index (χ1n) is 6.05. The van der Waals surface area contributed by atoms with Crippen molar-refractivity contribution in [2.24, 2.45) is 0 Å². The number of anilines is 1. The molecule has 20 heavy (non-hydrogen) atoms. The Morgan fingerprint density at radius 1 is 1.30 bits per heavy atom. The number of ether oxygens (including phenoxy) is 1. The molecule has 0 unspecified atom stereocenters. The van der Waals surface area contributed by atoms with Gasteiger partial charge in [0.2, 0.25) is 10.0 Å². The maximum absolute atomic E-state index is 12.5. The molecule has 0 amide bonds. The average Bonchev–Trinajstić information content (AvgIpc) is 2.68. The van der Waals surface area contributed by atoms with Crippen LogP contribution in [0, 0.1) is 10.1 Å². The smallest absolute Gasteiger partial charge is 0.270 e. The molecule has 0 spiro atoms. The van der Waals surface area contributed by atoms with Crippen LogP contribution in [0.2, 0.25) is 0 Å². The molecule has 0 bridgehead atoms. The second-order valence-corrected chi connectivity index (χ2v) is 6.26. The second-order valence-electron chi connectivity index (χ2n) is 4.35. The van der Waals surface area contributed by atoms with Gasteiger partial charge in [-0.15, -0.1) is 0 Å². The predicted octanol–water partition coefficient (Wildman–Crippen LogP) is 0.588. The van der Waals surface area contributed by atoms with Crippen LogP contribution in [-0.2, 0) is 14.8 Å². The lowest BCUT2D eigenvalue weighted by atomic mass is 10.3. The van der Waals surface area contributed by atoms with Crippen molar-refractivity contribution in [3.05, 3.63) is 28.3 Å². The maximum atomic E-state index is 12.5. The number of nitrogen functional groups attached to an aromatic ring is 1. The third-order valence-electron chi connectivity index (χ3n) is 3.01. The van der Waals surface area contributed by atoms with E-state index < -0.39 is 14.9 Å². The summed E-state index contributed by atoms with van der Waals surface area (Å²) in [4.78, 5) is 9.88. The fourth-order valence-corrected chi connectivity index (χ4v) is 3.56. The van der Waals surface area contributed by atoms with Gasteiger partial charge < -0.3 is 10.5 Å². The normalized spacial score (nSPS) is 17.6. The summed E-state index contributed by atoms with van der Waals surface area (Å²) < 4.78 is 31.5. The van der Waals surface area contributed by atoms with E-state index in [0.717, 1.165) is 6.07 Å². The van der Waals surface area contributed by atoms with Crippen LogP contribution >= 0.6 is 0 Å². The fraction of sp³-hybridized carbons (Fsp3) is 0.455. The summed E-state index contributed by atoms with van der Waals surface area (Å²) in [5.74, 6) is 0. The number of sulfonamides is 1. The summed E-state index contributed by atoms with van der Waals surface area (Å²) in [6.07, 6.45) is 0.577. The molecule has 1 saturated heterocycles. The zero-order valence-electron chi connectivity index (χ0n) is 10.7. The monoisotopic (exact) mass is 301 g/mol. The molecule has 1 heterocycles. The maximum Gasteiger partial charge on any atom is 0.270 e. The molecule has 1 fully saturated rings. The van der Waals surface area contributed by atoms with Gasteiger partial charge in [-0.2, -0.15) is 4.31 Å². The minimum Gasteiger partial charge on any atom is -0.398 e. The van der Waals surface area contributed by atoms with Crippen LogP contribution < -0.4 is 5.73 Å². The zero-order valence-corrected chi connectivity index (χ0v) is 11.5. The standard InChI is InChI=1S/C11H15N3O5S/c12-10-3-2-9(14(15)16)8-11(10)20(17,18)13-4-1-6-19-7-5-13/h2-3,8H,1,4-7,12H2. The van der Waals surface area contributed by atoms with Crippen LogP contribution in [0.25, 0.3) is 0 Å². The SMILES string of the molecule is Nc1ccc([N+](=O)[O-])cc1S(=O)(=O)N1CCCOCC1. The molecule has 9 heteroatoms. The van der Waals surface area contributed by atoms with Gasteiger partial charge in [-0.05, 0) is 12.5 Å². The highest BCUT2D eigenvalue weighted by atomic mass is 32.2. The van der Waals surface area contributed by atoms with Gasteiger partial charge in [0.25, 0.3) is 5.69 Å². The lowest BCUT2D eigenvalue weighted by Crippen LogP contribution is -2.33. The van der Waals surface area contributed by atoms with Crippen LogP contribution in [0.15, 0.2) is 23.1 Å². The number of nitro groups is 1. The van der Waals surface area contributed by atoms with Crippen molar-refractivity contribution in [2.45, 2.75) is 11.3 Å². The van der Waals surface area contributed by atoms with Crippen LogP contribution in [-0.4, -0.2) is 43.9 Å². The lowest BCUT2D eigenvalue weighted by Gasteiger charge is -2.20. The molecule has 110 valence electrons. The molecule has 0 saturated carbocycles. The van der Waals surface area contributed by atoms with Gasteiger partial charge in [-0.25, -0.2) is 8.42 Å². The molecule has 2 rings (SSSR count). The van der Waals surface area contributed by atoms with Gasteiger partial charge in [0.05, 0.1) is 17.2 Å². The molecule has 2 N–H and O–H groups in total. The molecule has 8 nitrogen and oxygen atoms in total. The number of non-ortho nitro benzene ring substituents is 1. The first-order valence-corrected chi connectivity index (χ1v) is 7.49. The molecule has 0 atom stereocenters. The van der Waals surface area contributed by atoms with E-state index in [4.69, 9.17) is 10.5 Å². The molecular weight excluding hydrogens is 286 g/mol. The van der Waals surface area contributed by atoms with Crippen molar-refractivity contribution in [1.82, 2.24) is 4.31 Å². The third kappa shape index (κ3) is 2.89. The Morgan fingerprint density at radius 2 is 2.05 bits per heavy atom. The lowest BCUT2D eigenvalue weighted by molar-refractivity contribution is -0.385. The van der Waals surface area contributed by atoms with Crippen molar-refractivity contribution in [1.29, 1.82) is 0 Å². The predicted molar refractivity (Wildman–Crippen MR) is 71.7 cm³/mol. The van der Waals surface area contributed by atoms with E-state index in [1.165, 1.54) is 16.4 Å². The van der Waals surface area contributed by atoms with Gasteiger partial charge in [-0.3, -0.25) is 10.1 Å². The third-order valence-corrected chi connectivity index (χ3v) is 4.96. The van der Waals surface area contributed by atoms with Crippen molar-refractivity contribution < 1.29 is 18.1 Å². The number of rotatable bonds is 3. The summed E-state index contributed by atoms with van der Waals surface area (Å²) in [5.41, 5.74) is 5.36. The summed E-state index contributed by atoms with van der Waals surface area (Å²) in [6, 6.07) is 3.41. The molecular formula is C11H15N3O5S. The Hall–Kier alpha value is -1.71. The number of nitrogens with zero attached hydrogens (tertiary/aromatic N) is 2. The first kappa shape index (κ1) is 14.7. The number of nitro benzene ring substituents is 1. The summed E-state index contributed by atoms with van der Waals surface area (Å²) in [7, 11) is -3.85. The van der Waals surface area contributed by atoms with E-state index in [-0.39, 0.29) is 22.8 Å². The van der Waals surface area contributed by atoms with E-state index in [2.05, 4.69) is 0 Å². The Morgan fingerprint density at radius 3 is 2.75 bits per heavy atom. The van der Waals surface area contributed by atoms with Gasteiger partial charge in [0, 0.05) is 31.8 Å². The van der Waals surface area contributed by atoms with Crippen molar-refractivity contribution in [3.63, 3.8) is 0 Å². The minimum absolute atomic E-state index is 0.000709. The van der Waals surface area contributed by atoms with E-state index in [0.29, 0.717) is 26.2 Å². The van der Waals surface area contributed by atoms with E-state index in [1.54, 1.807) is 0 Å². The van der Waals surface area contributed by atoms with E-state index >= 15 is 0 Å². The highest BCUT2D eigenvalue weighted by Gasteiger charge is 2.28. The van der Waals surface area contributed by atoms with Gasteiger partial charge in [0.15, 0.2) is 0 Å². The van der Waals surface area contributed by atoms with Crippen LogP contribution in [0.3, 0.4) is 0 Å². The van der Waals surface area contributed by atoms with Crippen molar-refractivity contribution in [3.8, 4) is 0 Å². The number of nitrogens with two attached hydrogens (primary N) is 1. The number of hydrogen-bond acceptors (Lipinski definition) is 6. The van der Waals surface area contributed by atoms with Crippen LogP contribution in [0.4, 0.5) is 11.4 Å². The molecule has 1 aromatic rings. The van der Waals surface area contributed by atoms with Gasteiger partial charge >= 0.3 is 0 Å². The van der Waals surface area contributed by atoms with E-state index in [9.17, 15) is 18.5 Å². The zero-order chi connectivity index (χ0) is 14.8. The largest absolute Gasteiger partial charge is 0.398 e. The number of benzene rings is 1. The molecule has 1 aliphatic heterocycles. The molecule has 0 radical (unpaired) electrons. The Labute approximate surface area is 116 Å². The van der Waals surface area contributed by atoms with Crippen LogP contribution in [0.5, 0.6) is 0 Å². The Kier molecular flexibility index (Phi) is 4.21. The second kappa shape index (κ2) is 5.73. The Bertz CT molecular complexity index is 608. The summed E-state index contributed by atoms with van der Waals surface area (Å²) >= 11 is 0. The van der Waals surface area contributed by atoms with Gasteiger partial charge in [0.1, 0.15) is 4.90 Å². The van der Waals surface area contributed by atoms with E-state index in [1.807, 2.05) is 0 Å². The van der Waals surface area contributed by atoms with Crippen molar-refractivity contribution in [2.75, 3.05) is 32.0 Å². The minimum atomic E-state index is -3.85. The average molecular weight is 301 g/mol. The summed E-state index contributed by atoms with van der Waals surface area (Å²) in [5, 5.41) is 10.8. The Balaban J connectivity index is 2.42.